The van der Waals surface area contributed by atoms with Crippen LogP contribution in [0.4, 0.5) is 5.69 Å². The van der Waals surface area contributed by atoms with E-state index < -0.39 is 5.97 Å². The van der Waals surface area contributed by atoms with Crippen molar-refractivity contribution in [2.45, 2.75) is 37.9 Å². The summed E-state index contributed by atoms with van der Waals surface area (Å²) in [6.45, 7) is 6.36. The van der Waals surface area contributed by atoms with Crippen LogP contribution in [0.15, 0.2) is 53.7 Å². The van der Waals surface area contributed by atoms with Crippen LogP contribution in [0.5, 0.6) is 0 Å². The monoisotopic (exact) mass is 436 g/mol. The number of amides is 1. The number of fused-ring (bicyclic) bond motifs is 3. The summed E-state index contributed by atoms with van der Waals surface area (Å²) < 4.78 is 7.13. The first-order chi connectivity index (χ1) is 14.9. The van der Waals surface area contributed by atoms with Gasteiger partial charge in [-0.1, -0.05) is 42.1 Å². The molecule has 2 aromatic carbocycles. The fourth-order valence-electron chi connectivity index (χ4n) is 3.79. The van der Waals surface area contributed by atoms with Crippen LogP contribution < -0.4 is 5.32 Å². The van der Waals surface area contributed by atoms with Crippen molar-refractivity contribution in [3.8, 4) is 11.4 Å². The van der Waals surface area contributed by atoms with Gasteiger partial charge in [0, 0.05) is 16.8 Å². The number of rotatable bonds is 6. The van der Waals surface area contributed by atoms with Gasteiger partial charge in [-0.05, 0) is 51.0 Å². The minimum Gasteiger partial charge on any atom is -0.462 e. The zero-order valence-electron chi connectivity index (χ0n) is 17.7. The normalized spacial score (nSPS) is 13.8. The highest BCUT2D eigenvalue weighted by Crippen LogP contribution is 2.39. The molecule has 8 heteroatoms. The smallest absolute Gasteiger partial charge is 0.338 e. The largest absolute Gasteiger partial charge is 0.462 e. The Morgan fingerprint density at radius 3 is 2.77 bits per heavy atom. The van der Waals surface area contributed by atoms with E-state index in [4.69, 9.17) is 4.74 Å². The molecule has 0 saturated carbocycles. The number of hydrogen-bond donors (Lipinski definition) is 1. The van der Waals surface area contributed by atoms with Crippen molar-refractivity contribution in [1.82, 2.24) is 14.8 Å². The maximum Gasteiger partial charge on any atom is 0.338 e. The average molecular weight is 437 g/mol. The fraction of sp³-hybridized carbons (Fsp3) is 0.304. The van der Waals surface area contributed by atoms with Gasteiger partial charge in [0.15, 0.2) is 11.0 Å². The lowest BCUT2D eigenvalue weighted by molar-refractivity contribution is -0.113. The van der Waals surface area contributed by atoms with Gasteiger partial charge in [0.1, 0.15) is 0 Å². The Labute approximate surface area is 185 Å². The second kappa shape index (κ2) is 8.55. The molecule has 0 bridgehead atoms. The van der Waals surface area contributed by atoms with Gasteiger partial charge in [0.05, 0.1) is 17.9 Å². The van der Waals surface area contributed by atoms with Crippen LogP contribution in [0.1, 0.15) is 36.7 Å². The van der Waals surface area contributed by atoms with Crippen LogP contribution in [-0.4, -0.2) is 39.0 Å². The van der Waals surface area contributed by atoms with Gasteiger partial charge >= 0.3 is 5.97 Å². The topological polar surface area (TPSA) is 86.1 Å². The third-order valence-corrected chi connectivity index (χ3v) is 6.04. The molecule has 1 aliphatic heterocycles. The van der Waals surface area contributed by atoms with Crippen LogP contribution in [0, 0.1) is 0 Å². The molecule has 7 nitrogen and oxygen atoms in total. The zero-order valence-corrected chi connectivity index (χ0v) is 18.5. The fourth-order valence-corrected chi connectivity index (χ4v) is 4.68. The van der Waals surface area contributed by atoms with E-state index in [0.29, 0.717) is 23.0 Å². The Morgan fingerprint density at radius 1 is 1.16 bits per heavy atom. The molecule has 0 saturated heterocycles. The molecule has 0 aliphatic carbocycles. The molecule has 4 rings (SSSR count). The Morgan fingerprint density at radius 2 is 1.97 bits per heavy atom. The lowest BCUT2D eigenvalue weighted by atomic mass is 9.87. The number of nitrogens with zero attached hydrogens (tertiary/aromatic N) is 3. The van der Waals surface area contributed by atoms with Gasteiger partial charge in [-0.25, -0.2) is 4.79 Å². The van der Waals surface area contributed by atoms with Gasteiger partial charge in [-0.2, -0.15) is 0 Å². The first-order valence-electron chi connectivity index (χ1n) is 10.1. The third-order valence-electron chi connectivity index (χ3n) is 5.11. The van der Waals surface area contributed by atoms with Crippen LogP contribution in [-0.2, 0) is 21.5 Å². The minimum absolute atomic E-state index is 0.180. The number of thioether (sulfide) groups is 1. The standard InChI is InChI=1S/C23H24N4O3S/c1-4-30-21(29)15-9-7-10-17(12-15)24-19(28)14-31-22-26-25-20-18-11-6-5-8-16(18)13-23(2,3)27(20)22/h5-12H,4,13-14H2,1-3H3,(H,24,28). The predicted molar refractivity (Wildman–Crippen MR) is 120 cm³/mol. The number of carbonyl (C=O) groups excluding carboxylic acids is 2. The maximum absolute atomic E-state index is 12.5. The minimum atomic E-state index is -0.412. The summed E-state index contributed by atoms with van der Waals surface area (Å²) in [5.41, 5.74) is 3.09. The van der Waals surface area contributed by atoms with Gasteiger partial charge in [0.25, 0.3) is 0 Å². The Hall–Kier alpha value is -3.13. The number of nitrogens with one attached hydrogen (secondary N) is 1. The number of esters is 1. The summed E-state index contributed by atoms with van der Waals surface area (Å²) in [7, 11) is 0. The highest BCUT2D eigenvalue weighted by Gasteiger charge is 2.34. The van der Waals surface area contributed by atoms with Crippen molar-refractivity contribution in [2.75, 3.05) is 17.7 Å². The quantitative estimate of drug-likeness (QED) is 0.462. The van der Waals surface area contributed by atoms with E-state index in [0.717, 1.165) is 17.8 Å². The van der Waals surface area contributed by atoms with Crippen LogP contribution in [0.2, 0.25) is 0 Å². The van der Waals surface area contributed by atoms with Crippen molar-refractivity contribution in [1.29, 1.82) is 0 Å². The van der Waals surface area contributed by atoms with Crippen molar-refractivity contribution >= 4 is 29.3 Å². The number of aromatic nitrogens is 3. The molecule has 0 radical (unpaired) electrons. The third kappa shape index (κ3) is 4.34. The number of anilines is 1. The molecule has 3 aromatic rings. The molecule has 31 heavy (non-hydrogen) atoms. The van der Waals surface area contributed by atoms with E-state index in [1.165, 1.54) is 17.3 Å². The molecule has 0 fully saturated rings. The van der Waals surface area contributed by atoms with Crippen LogP contribution in [0.3, 0.4) is 0 Å². The second-order valence-corrected chi connectivity index (χ2v) is 8.87. The van der Waals surface area contributed by atoms with Crippen molar-refractivity contribution in [3.05, 3.63) is 59.7 Å². The molecule has 1 N–H and O–H groups in total. The number of hydrogen-bond acceptors (Lipinski definition) is 6. The highest BCUT2D eigenvalue weighted by molar-refractivity contribution is 7.99. The molecular weight excluding hydrogens is 412 g/mol. The summed E-state index contributed by atoms with van der Waals surface area (Å²) >= 11 is 1.35. The summed E-state index contributed by atoms with van der Waals surface area (Å²) in [4.78, 5) is 24.4. The zero-order chi connectivity index (χ0) is 22.0. The van der Waals surface area contributed by atoms with E-state index in [9.17, 15) is 9.59 Å². The Balaban J connectivity index is 1.47. The molecular formula is C23H24N4O3S. The first-order valence-corrected chi connectivity index (χ1v) is 11.1. The average Bonchev–Trinajstić information content (AvgIpc) is 3.18. The van der Waals surface area contributed by atoms with Crippen LogP contribution in [0.25, 0.3) is 11.4 Å². The van der Waals surface area contributed by atoms with E-state index in [2.05, 4.69) is 46.1 Å². The van der Waals surface area contributed by atoms with Gasteiger partial charge < -0.3 is 10.1 Å². The molecule has 1 amide bonds. The van der Waals surface area contributed by atoms with E-state index >= 15 is 0 Å². The molecule has 2 heterocycles. The van der Waals surface area contributed by atoms with Crippen molar-refractivity contribution in [2.24, 2.45) is 0 Å². The lowest BCUT2D eigenvalue weighted by Gasteiger charge is -2.34. The van der Waals surface area contributed by atoms with Crippen LogP contribution >= 0.6 is 11.8 Å². The summed E-state index contributed by atoms with van der Waals surface area (Å²) in [5.74, 6) is 0.416. The molecule has 160 valence electrons. The molecule has 1 aromatic heterocycles. The molecule has 0 unspecified atom stereocenters. The first kappa shape index (κ1) is 21.1. The number of benzene rings is 2. The van der Waals surface area contributed by atoms with E-state index in [1.54, 1.807) is 31.2 Å². The van der Waals surface area contributed by atoms with Gasteiger partial charge in [0.2, 0.25) is 5.91 Å². The second-order valence-electron chi connectivity index (χ2n) is 7.93. The molecule has 0 spiro atoms. The summed E-state index contributed by atoms with van der Waals surface area (Å²) in [6.07, 6.45) is 0.870. The van der Waals surface area contributed by atoms with E-state index in [1.807, 2.05) is 12.1 Å². The molecule has 0 atom stereocenters. The Kier molecular flexibility index (Phi) is 5.82. The highest BCUT2D eigenvalue weighted by atomic mass is 32.2. The summed E-state index contributed by atoms with van der Waals surface area (Å²) in [6, 6.07) is 14.9. The number of carbonyl (C=O) groups is 2. The molecule has 1 aliphatic rings. The van der Waals surface area contributed by atoms with E-state index in [-0.39, 0.29) is 17.2 Å². The van der Waals surface area contributed by atoms with Gasteiger partial charge in [-0.3, -0.25) is 9.36 Å². The maximum atomic E-state index is 12.5. The van der Waals surface area contributed by atoms with Gasteiger partial charge in [-0.15, -0.1) is 10.2 Å². The number of ether oxygens (including phenoxy) is 1. The predicted octanol–water partition coefficient (Wildman–Crippen LogP) is 4.14. The Bertz CT molecular complexity index is 1140. The lowest BCUT2D eigenvalue weighted by Crippen LogP contribution is -2.33. The van der Waals surface area contributed by atoms with Crippen molar-refractivity contribution < 1.29 is 14.3 Å². The SMILES string of the molecule is CCOC(=O)c1cccc(NC(=O)CSc2nnc3n2C(C)(C)Cc2ccccc2-3)c1. The summed E-state index contributed by atoms with van der Waals surface area (Å²) in [5, 5.41) is 12.3. The van der Waals surface area contributed by atoms with Crippen molar-refractivity contribution in [3.63, 3.8) is 0 Å².